The van der Waals surface area contributed by atoms with Crippen molar-refractivity contribution < 1.29 is 9.90 Å². The Kier molecular flexibility index (Phi) is 5.09. The lowest BCUT2D eigenvalue weighted by Crippen LogP contribution is -2.09. The zero-order chi connectivity index (χ0) is 21.9. The largest absolute Gasteiger partial charge is 0.504 e. The fourth-order valence-electron chi connectivity index (χ4n) is 3.67. The highest BCUT2D eigenvalue weighted by molar-refractivity contribution is 6.11. The molecule has 156 valence electrons. The summed E-state index contributed by atoms with van der Waals surface area (Å²) < 4.78 is 0. The molecule has 0 radical (unpaired) electrons. The third-order valence-electron chi connectivity index (χ3n) is 5.12. The topological polar surface area (TPSA) is 107 Å². The van der Waals surface area contributed by atoms with Crippen LogP contribution in [0.25, 0.3) is 10.9 Å². The normalized spacial score (nSPS) is 11.0. The minimum atomic E-state index is -0.377. The van der Waals surface area contributed by atoms with Crippen molar-refractivity contribution in [3.05, 3.63) is 107 Å². The fourth-order valence-corrected chi connectivity index (χ4v) is 3.67. The van der Waals surface area contributed by atoms with Crippen molar-refractivity contribution in [3.63, 3.8) is 0 Å². The molecule has 0 amide bonds. The Hall–Kier alpha value is -4.46. The van der Waals surface area contributed by atoms with E-state index in [-0.39, 0.29) is 17.2 Å². The van der Waals surface area contributed by atoms with Crippen LogP contribution < -0.4 is 0 Å². The average molecular weight is 422 g/mol. The zero-order valence-corrected chi connectivity index (χ0v) is 17.0. The van der Waals surface area contributed by atoms with Crippen molar-refractivity contribution in [2.75, 3.05) is 0 Å². The molecule has 0 atom stereocenters. The maximum atomic E-state index is 13.4. The summed E-state index contributed by atoms with van der Waals surface area (Å²) >= 11 is 0. The van der Waals surface area contributed by atoms with E-state index in [1.807, 2.05) is 42.5 Å². The van der Waals surface area contributed by atoms with Crippen molar-refractivity contribution in [1.82, 2.24) is 30.2 Å². The quantitative estimate of drug-likeness (QED) is 0.419. The number of pyridine rings is 2. The molecule has 1 N–H and O–H groups in total. The first-order chi connectivity index (χ1) is 15.7. The minimum Gasteiger partial charge on any atom is -0.504 e. The molecule has 3 aromatic heterocycles. The molecule has 0 aliphatic rings. The average Bonchev–Trinajstić information content (AvgIpc) is 3.33. The van der Waals surface area contributed by atoms with Crippen LogP contribution in [-0.2, 0) is 13.0 Å². The van der Waals surface area contributed by atoms with E-state index in [1.165, 1.54) is 11.1 Å². The first kappa shape index (κ1) is 19.5. The van der Waals surface area contributed by atoms with Gasteiger partial charge in [-0.3, -0.25) is 9.78 Å². The van der Waals surface area contributed by atoms with E-state index < -0.39 is 0 Å². The summed E-state index contributed by atoms with van der Waals surface area (Å²) in [4.78, 5) is 23.2. The van der Waals surface area contributed by atoms with Crippen molar-refractivity contribution >= 4 is 16.7 Å². The van der Waals surface area contributed by atoms with Crippen LogP contribution in [0.3, 0.4) is 0 Å². The number of hydrogen-bond donors (Lipinski definition) is 1. The van der Waals surface area contributed by atoms with E-state index >= 15 is 0 Å². The minimum absolute atomic E-state index is 0.0297. The van der Waals surface area contributed by atoms with Gasteiger partial charge in [0, 0.05) is 23.3 Å². The Morgan fingerprint density at radius 3 is 2.59 bits per heavy atom. The van der Waals surface area contributed by atoms with Crippen molar-refractivity contribution in [1.29, 1.82) is 0 Å². The SMILES string of the molecule is O=C(c1cc(Cc2ccccc2)cc(Cn2ncnn2)c1)c1ncc2cccnc2c1O. The van der Waals surface area contributed by atoms with Gasteiger partial charge in [-0.05, 0) is 52.6 Å². The Bertz CT molecular complexity index is 1400. The first-order valence-electron chi connectivity index (χ1n) is 10.0. The molecule has 5 aromatic rings. The molecule has 0 aliphatic carbocycles. The summed E-state index contributed by atoms with van der Waals surface area (Å²) in [6, 6.07) is 19.2. The maximum Gasteiger partial charge on any atom is 0.215 e. The molecule has 0 spiro atoms. The number of nitrogens with zero attached hydrogens (tertiary/aromatic N) is 6. The van der Waals surface area contributed by atoms with Gasteiger partial charge in [0.25, 0.3) is 0 Å². The Morgan fingerprint density at radius 1 is 0.938 bits per heavy atom. The molecule has 0 bridgehead atoms. The van der Waals surface area contributed by atoms with Crippen molar-refractivity contribution in [3.8, 4) is 5.75 Å². The molecule has 0 unspecified atom stereocenters. The summed E-state index contributed by atoms with van der Waals surface area (Å²) in [5, 5.41) is 23.1. The van der Waals surface area contributed by atoms with E-state index in [9.17, 15) is 9.90 Å². The Balaban J connectivity index is 1.56. The van der Waals surface area contributed by atoms with Crippen LogP contribution in [0.1, 0.15) is 32.7 Å². The van der Waals surface area contributed by atoms with Crippen LogP contribution in [0.4, 0.5) is 0 Å². The summed E-state index contributed by atoms with van der Waals surface area (Å²) in [5.74, 6) is -0.598. The maximum absolute atomic E-state index is 13.4. The molecule has 5 rings (SSSR count). The summed E-state index contributed by atoms with van der Waals surface area (Å²) in [6.45, 7) is 0.363. The molecular formula is C24H18N6O2. The molecular weight excluding hydrogens is 404 g/mol. The third kappa shape index (κ3) is 3.93. The van der Waals surface area contributed by atoms with Crippen molar-refractivity contribution in [2.24, 2.45) is 0 Å². The number of benzene rings is 2. The van der Waals surface area contributed by atoms with Gasteiger partial charge in [-0.25, -0.2) is 4.98 Å². The molecule has 8 heteroatoms. The zero-order valence-electron chi connectivity index (χ0n) is 17.0. The van der Waals surface area contributed by atoms with Crippen molar-refractivity contribution in [2.45, 2.75) is 13.0 Å². The molecule has 3 heterocycles. The van der Waals surface area contributed by atoms with Gasteiger partial charge < -0.3 is 5.11 Å². The van der Waals surface area contributed by atoms with Crippen LogP contribution in [0.2, 0.25) is 0 Å². The number of rotatable bonds is 6. The number of carbonyl (C=O) groups is 1. The van der Waals surface area contributed by atoms with E-state index in [0.29, 0.717) is 29.4 Å². The van der Waals surface area contributed by atoms with Crippen LogP contribution in [-0.4, -0.2) is 41.1 Å². The second-order valence-corrected chi connectivity index (χ2v) is 7.39. The van der Waals surface area contributed by atoms with Crippen LogP contribution in [0, 0.1) is 0 Å². The van der Waals surface area contributed by atoms with Gasteiger partial charge in [-0.15, -0.1) is 10.2 Å². The highest BCUT2D eigenvalue weighted by atomic mass is 16.3. The molecule has 0 aliphatic heterocycles. The predicted molar refractivity (Wildman–Crippen MR) is 117 cm³/mol. The lowest BCUT2D eigenvalue weighted by atomic mass is 9.96. The van der Waals surface area contributed by atoms with Gasteiger partial charge in [0.05, 0.1) is 6.54 Å². The highest BCUT2D eigenvalue weighted by Gasteiger charge is 2.19. The smallest absolute Gasteiger partial charge is 0.215 e. The van der Waals surface area contributed by atoms with Crippen LogP contribution in [0.15, 0.2) is 79.4 Å². The van der Waals surface area contributed by atoms with Gasteiger partial charge in [0.15, 0.2) is 17.8 Å². The predicted octanol–water partition coefficient (Wildman–Crippen LogP) is 3.19. The monoisotopic (exact) mass is 422 g/mol. The standard InChI is InChI=1S/C24H18N6O2/c31-23(22-24(32)21-19(13-26-22)7-4-8-25-21)20-11-17(9-16-5-2-1-3-6-16)10-18(12-20)14-30-28-15-27-29-30/h1-8,10-13,15,32H,9,14H2. The van der Waals surface area contributed by atoms with E-state index in [0.717, 1.165) is 16.7 Å². The summed E-state index contributed by atoms with van der Waals surface area (Å²) in [6.07, 6.45) is 5.13. The number of aromatic nitrogens is 6. The molecule has 0 saturated heterocycles. The number of carbonyl (C=O) groups excluding carboxylic acids is 1. The van der Waals surface area contributed by atoms with Crippen LogP contribution >= 0.6 is 0 Å². The Labute approximate surface area is 183 Å². The molecule has 32 heavy (non-hydrogen) atoms. The number of tetrazole rings is 1. The second kappa shape index (κ2) is 8.35. The number of aromatic hydroxyl groups is 1. The molecule has 8 nitrogen and oxygen atoms in total. The van der Waals surface area contributed by atoms with Gasteiger partial charge in [-0.2, -0.15) is 4.80 Å². The lowest BCUT2D eigenvalue weighted by molar-refractivity contribution is 0.103. The summed E-state index contributed by atoms with van der Waals surface area (Å²) in [5.41, 5.74) is 3.66. The van der Waals surface area contributed by atoms with Gasteiger partial charge in [0.1, 0.15) is 5.52 Å². The second-order valence-electron chi connectivity index (χ2n) is 7.39. The van der Waals surface area contributed by atoms with Gasteiger partial charge in [0.2, 0.25) is 5.78 Å². The molecule has 2 aromatic carbocycles. The highest BCUT2D eigenvalue weighted by Crippen LogP contribution is 2.27. The molecule has 0 fully saturated rings. The van der Waals surface area contributed by atoms with E-state index in [4.69, 9.17) is 0 Å². The van der Waals surface area contributed by atoms with Gasteiger partial charge >= 0.3 is 0 Å². The third-order valence-corrected chi connectivity index (χ3v) is 5.12. The number of hydrogen-bond acceptors (Lipinski definition) is 7. The van der Waals surface area contributed by atoms with E-state index in [1.54, 1.807) is 30.6 Å². The van der Waals surface area contributed by atoms with E-state index in [2.05, 4.69) is 25.4 Å². The Morgan fingerprint density at radius 2 is 1.78 bits per heavy atom. The first-order valence-corrected chi connectivity index (χ1v) is 10.0. The van der Waals surface area contributed by atoms with Crippen LogP contribution in [0.5, 0.6) is 5.75 Å². The molecule has 0 saturated carbocycles. The van der Waals surface area contributed by atoms with Gasteiger partial charge in [-0.1, -0.05) is 36.4 Å². The summed E-state index contributed by atoms with van der Waals surface area (Å²) in [7, 11) is 0. The lowest BCUT2D eigenvalue weighted by Gasteiger charge is -2.11. The fraction of sp³-hybridized carbons (Fsp3) is 0.0833. The number of fused-ring (bicyclic) bond motifs is 1. The number of ketones is 1.